The van der Waals surface area contributed by atoms with Crippen molar-refractivity contribution in [3.05, 3.63) is 21.9 Å². The largest absolute Gasteiger partial charge is 0.483 e. The van der Waals surface area contributed by atoms with Crippen LogP contribution in [0.2, 0.25) is 0 Å². The first-order valence-electron chi connectivity index (χ1n) is 6.58. The summed E-state index contributed by atoms with van der Waals surface area (Å²) in [5, 5.41) is 9.15. The summed E-state index contributed by atoms with van der Waals surface area (Å²) < 4.78 is 0. The Labute approximate surface area is 112 Å². The number of nitrogens with zero attached hydrogens (tertiary/aromatic N) is 1. The molecule has 2 heterocycles. The maximum absolute atomic E-state index is 8.36. The second-order valence-electron chi connectivity index (χ2n) is 5.34. The highest BCUT2D eigenvalue weighted by molar-refractivity contribution is 7.10. The second-order valence-corrected chi connectivity index (χ2v) is 6.34. The zero-order valence-electron chi connectivity index (χ0n) is 10.9. The fourth-order valence-corrected chi connectivity index (χ4v) is 4.06. The average Bonchev–Trinajstić information content (AvgIpc) is 3.00. The van der Waals surface area contributed by atoms with Crippen LogP contribution in [0.5, 0.6) is 0 Å². The highest BCUT2D eigenvalue weighted by atomic mass is 32.1. The van der Waals surface area contributed by atoms with E-state index in [-0.39, 0.29) is 6.47 Å². The molecule has 0 radical (unpaired) electrons. The molecule has 1 aliphatic heterocycles. The Kier molecular flexibility index (Phi) is 4.40. The van der Waals surface area contributed by atoms with E-state index in [2.05, 4.69) is 23.3 Å². The van der Waals surface area contributed by atoms with E-state index in [1.54, 1.807) is 10.4 Å². The standard InChI is InChI=1S/C13H19NS.CH2O2/c1-13(14-7-2-3-8-14)6-4-12-11(10-13)5-9-15-12;2-1-3/h5,9H,2-4,6-8,10H2,1H3;1H,(H,2,3)/t13-;/m1./s1. The number of carbonyl (C=O) groups is 1. The molecule has 0 amide bonds. The third-order valence-corrected chi connectivity index (χ3v) is 5.19. The lowest BCUT2D eigenvalue weighted by molar-refractivity contribution is -0.122. The third kappa shape index (κ3) is 2.75. The summed E-state index contributed by atoms with van der Waals surface area (Å²) in [5.74, 6) is 0. The van der Waals surface area contributed by atoms with Crippen molar-refractivity contribution in [1.82, 2.24) is 4.90 Å². The van der Waals surface area contributed by atoms with Gasteiger partial charge < -0.3 is 5.11 Å². The number of hydrogen-bond acceptors (Lipinski definition) is 3. The van der Waals surface area contributed by atoms with E-state index in [4.69, 9.17) is 9.90 Å². The van der Waals surface area contributed by atoms with Crippen molar-refractivity contribution in [3.8, 4) is 0 Å². The molecule has 4 heteroatoms. The molecule has 18 heavy (non-hydrogen) atoms. The molecule has 3 rings (SSSR count). The van der Waals surface area contributed by atoms with E-state index < -0.39 is 0 Å². The number of likely N-dealkylation sites (tertiary alicyclic amines) is 1. The lowest BCUT2D eigenvalue weighted by Gasteiger charge is -2.41. The normalized spacial score (nSPS) is 27.2. The summed E-state index contributed by atoms with van der Waals surface area (Å²) in [6.07, 6.45) is 6.77. The van der Waals surface area contributed by atoms with Crippen LogP contribution in [0.25, 0.3) is 0 Å². The van der Waals surface area contributed by atoms with Crippen LogP contribution in [0, 0.1) is 0 Å². The molecule has 0 aromatic carbocycles. The number of aryl methyl sites for hydroxylation is 1. The van der Waals surface area contributed by atoms with Crippen LogP contribution in [0.1, 0.15) is 36.6 Å². The quantitative estimate of drug-likeness (QED) is 0.795. The van der Waals surface area contributed by atoms with Gasteiger partial charge in [0.15, 0.2) is 0 Å². The van der Waals surface area contributed by atoms with Crippen molar-refractivity contribution in [2.45, 2.75) is 44.6 Å². The van der Waals surface area contributed by atoms with Crippen molar-refractivity contribution in [1.29, 1.82) is 0 Å². The predicted octanol–water partition coefficient (Wildman–Crippen LogP) is 2.79. The van der Waals surface area contributed by atoms with Crippen LogP contribution in [0.4, 0.5) is 0 Å². The van der Waals surface area contributed by atoms with Crippen LogP contribution >= 0.6 is 11.3 Å². The van der Waals surface area contributed by atoms with Gasteiger partial charge >= 0.3 is 0 Å². The topological polar surface area (TPSA) is 40.5 Å². The summed E-state index contributed by atoms with van der Waals surface area (Å²) in [7, 11) is 0. The van der Waals surface area contributed by atoms with Crippen molar-refractivity contribution < 1.29 is 9.90 Å². The van der Waals surface area contributed by atoms with Gasteiger partial charge in [-0.2, -0.15) is 0 Å². The molecule has 0 unspecified atom stereocenters. The fraction of sp³-hybridized carbons (Fsp3) is 0.643. The van der Waals surface area contributed by atoms with E-state index in [1.165, 1.54) is 45.2 Å². The Bertz CT molecular complexity index is 398. The minimum atomic E-state index is -0.250. The Balaban J connectivity index is 0.000000367. The minimum absolute atomic E-state index is 0.250. The van der Waals surface area contributed by atoms with E-state index in [0.717, 1.165) is 0 Å². The number of thiophene rings is 1. The van der Waals surface area contributed by atoms with Crippen LogP contribution in [0.3, 0.4) is 0 Å². The van der Waals surface area contributed by atoms with Gasteiger partial charge in [0.1, 0.15) is 0 Å². The third-order valence-electron chi connectivity index (χ3n) is 4.17. The Morgan fingerprint density at radius 3 is 2.78 bits per heavy atom. The lowest BCUT2D eigenvalue weighted by Crippen LogP contribution is -2.48. The Morgan fingerprint density at radius 1 is 1.44 bits per heavy atom. The van der Waals surface area contributed by atoms with Crippen molar-refractivity contribution >= 4 is 17.8 Å². The summed E-state index contributed by atoms with van der Waals surface area (Å²) in [6, 6.07) is 2.34. The van der Waals surface area contributed by atoms with Gasteiger partial charge in [-0.1, -0.05) is 0 Å². The first kappa shape index (κ1) is 13.6. The van der Waals surface area contributed by atoms with E-state index >= 15 is 0 Å². The molecule has 1 fully saturated rings. The van der Waals surface area contributed by atoms with Crippen LogP contribution in [-0.2, 0) is 17.6 Å². The molecular formula is C14H21NO2S. The molecule has 100 valence electrons. The molecule has 1 saturated heterocycles. The number of carboxylic acid groups (broad SMARTS) is 1. The van der Waals surface area contributed by atoms with Crippen molar-refractivity contribution in [2.24, 2.45) is 0 Å². The highest BCUT2D eigenvalue weighted by Crippen LogP contribution is 2.37. The van der Waals surface area contributed by atoms with Gasteiger partial charge in [-0.05, 0) is 69.1 Å². The molecule has 2 aliphatic rings. The van der Waals surface area contributed by atoms with Gasteiger partial charge in [-0.3, -0.25) is 9.69 Å². The van der Waals surface area contributed by atoms with E-state index in [9.17, 15) is 0 Å². The molecule has 1 atom stereocenters. The Hall–Kier alpha value is -0.870. The predicted molar refractivity (Wildman–Crippen MR) is 74.2 cm³/mol. The van der Waals surface area contributed by atoms with Crippen LogP contribution in [0.15, 0.2) is 11.4 Å². The lowest BCUT2D eigenvalue weighted by atomic mass is 9.81. The summed E-state index contributed by atoms with van der Waals surface area (Å²) in [5.41, 5.74) is 2.09. The smallest absolute Gasteiger partial charge is 0.290 e. The maximum atomic E-state index is 8.36. The van der Waals surface area contributed by atoms with Gasteiger partial charge in [0, 0.05) is 10.4 Å². The molecule has 0 saturated carbocycles. The maximum Gasteiger partial charge on any atom is 0.290 e. The summed E-state index contributed by atoms with van der Waals surface area (Å²) >= 11 is 1.95. The van der Waals surface area contributed by atoms with E-state index in [0.29, 0.717) is 5.54 Å². The van der Waals surface area contributed by atoms with Gasteiger partial charge in [-0.25, -0.2) is 0 Å². The zero-order valence-corrected chi connectivity index (χ0v) is 11.7. The molecule has 1 N–H and O–H groups in total. The van der Waals surface area contributed by atoms with Gasteiger partial charge in [0.25, 0.3) is 6.47 Å². The zero-order chi connectivity index (χ0) is 13.0. The summed E-state index contributed by atoms with van der Waals surface area (Å²) in [6.45, 7) is 4.88. The first-order chi connectivity index (χ1) is 8.69. The van der Waals surface area contributed by atoms with Crippen LogP contribution in [-0.4, -0.2) is 35.1 Å². The molecule has 1 aliphatic carbocycles. The molecular weight excluding hydrogens is 246 g/mol. The molecule has 1 aromatic rings. The molecule has 0 bridgehead atoms. The van der Waals surface area contributed by atoms with Crippen molar-refractivity contribution in [2.75, 3.05) is 13.1 Å². The Morgan fingerprint density at radius 2 is 2.11 bits per heavy atom. The average molecular weight is 267 g/mol. The second kappa shape index (κ2) is 5.85. The van der Waals surface area contributed by atoms with Gasteiger partial charge in [0.2, 0.25) is 0 Å². The summed E-state index contributed by atoms with van der Waals surface area (Å²) in [4.78, 5) is 12.7. The van der Waals surface area contributed by atoms with Crippen LogP contribution < -0.4 is 0 Å². The van der Waals surface area contributed by atoms with E-state index in [1.807, 2.05) is 11.3 Å². The van der Waals surface area contributed by atoms with Gasteiger partial charge in [-0.15, -0.1) is 11.3 Å². The number of rotatable bonds is 1. The SMILES string of the molecule is C[C@@]1(N2CCCC2)CCc2sccc2C1.O=CO. The number of hydrogen-bond donors (Lipinski definition) is 1. The fourth-order valence-electron chi connectivity index (χ4n) is 3.15. The first-order valence-corrected chi connectivity index (χ1v) is 7.46. The monoisotopic (exact) mass is 267 g/mol. The number of fused-ring (bicyclic) bond motifs is 1. The molecule has 0 spiro atoms. The van der Waals surface area contributed by atoms with Crippen molar-refractivity contribution in [3.63, 3.8) is 0 Å². The van der Waals surface area contributed by atoms with Gasteiger partial charge in [0.05, 0.1) is 0 Å². The molecule has 1 aromatic heterocycles. The molecule has 3 nitrogen and oxygen atoms in total. The minimum Gasteiger partial charge on any atom is -0.483 e. The highest BCUT2D eigenvalue weighted by Gasteiger charge is 2.36.